The molecule has 1 fully saturated rings. The fourth-order valence-corrected chi connectivity index (χ4v) is 4.65. The van der Waals surface area contributed by atoms with Gasteiger partial charge in [-0.25, -0.2) is 18.0 Å². The summed E-state index contributed by atoms with van der Waals surface area (Å²) in [5, 5.41) is 17.7. The number of aromatic carboxylic acids is 1. The van der Waals surface area contributed by atoms with Crippen LogP contribution in [-0.4, -0.2) is 57.3 Å². The number of carboxylic acid groups (broad SMARTS) is 1. The number of ether oxygens (including phenoxy) is 1. The lowest BCUT2D eigenvalue weighted by molar-refractivity contribution is 0.0342. The lowest BCUT2D eigenvalue weighted by atomic mass is 9.92. The molecular weight excluding hydrogens is 473 g/mol. The second-order valence-corrected chi connectivity index (χ2v) is 8.79. The summed E-state index contributed by atoms with van der Waals surface area (Å²) in [6, 6.07) is 9.35. The molecule has 0 amide bonds. The van der Waals surface area contributed by atoms with Crippen molar-refractivity contribution in [2.24, 2.45) is 7.05 Å². The first kappa shape index (κ1) is 24.0. The molecule has 4 aromatic rings. The summed E-state index contributed by atoms with van der Waals surface area (Å²) in [7, 11) is 1.50. The van der Waals surface area contributed by atoms with Gasteiger partial charge in [-0.2, -0.15) is 15.0 Å². The largest absolute Gasteiger partial charge is 0.478 e. The van der Waals surface area contributed by atoms with Gasteiger partial charge in [-0.1, -0.05) is 18.2 Å². The molecule has 0 atom stereocenters. The molecule has 1 aromatic heterocycles. The standard InChI is InChI=1S/C26H23F3N4O3/c1-14-20(16-5-3-4-15(10-16)13-33-6-8-36-9-7-33)23(28)24(29)21(22(14)27)17-11-18(26(34)35)25-19(12-17)30-32(2)31-25/h3-5,10-12H,6-9,13H2,1-2H3,(H,34,35). The molecule has 0 radical (unpaired) electrons. The van der Waals surface area contributed by atoms with Crippen LogP contribution in [0.4, 0.5) is 13.2 Å². The second kappa shape index (κ2) is 9.36. The zero-order valence-electron chi connectivity index (χ0n) is 19.7. The molecule has 5 rings (SSSR count). The molecule has 1 aliphatic heterocycles. The van der Waals surface area contributed by atoms with E-state index in [0.717, 1.165) is 29.5 Å². The number of aryl methyl sites for hydroxylation is 1. The number of carbonyl (C=O) groups is 1. The second-order valence-electron chi connectivity index (χ2n) is 8.79. The van der Waals surface area contributed by atoms with Crippen LogP contribution < -0.4 is 0 Å². The Labute approximate surface area is 204 Å². The first-order valence-corrected chi connectivity index (χ1v) is 11.4. The van der Waals surface area contributed by atoms with Crippen LogP contribution in [-0.2, 0) is 18.3 Å². The van der Waals surface area contributed by atoms with E-state index < -0.39 is 29.0 Å². The summed E-state index contributed by atoms with van der Waals surface area (Å²) in [4.78, 5) is 15.1. The number of nitrogens with zero attached hydrogens (tertiary/aromatic N) is 4. The molecule has 0 bridgehead atoms. The van der Waals surface area contributed by atoms with E-state index in [-0.39, 0.29) is 33.3 Å². The monoisotopic (exact) mass is 496 g/mol. The SMILES string of the molecule is Cc1c(F)c(-c2cc(C(=O)O)c3nn(C)nc3c2)c(F)c(F)c1-c1cccc(CN2CCOCC2)c1. The minimum absolute atomic E-state index is 0.0699. The van der Waals surface area contributed by atoms with Crippen molar-refractivity contribution in [3.05, 3.63) is 70.5 Å². The molecule has 2 heterocycles. The lowest BCUT2D eigenvalue weighted by Crippen LogP contribution is -2.35. The van der Waals surface area contributed by atoms with Crippen molar-refractivity contribution in [1.82, 2.24) is 19.9 Å². The Balaban J connectivity index is 1.61. The van der Waals surface area contributed by atoms with E-state index in [9.17, 15) is 9.90 Å². The average molecular weight is 496 g/mol. The Kier molecular flexibility index (Phi) is 6.23. The Morgan fingerprint density at radius 3 is 2.44 bits per heavy atom. The molecular formula is C26H23F3N4O3. The molecule has 36 heavy (non-hydrogen) atoms. The third kappa shape index (κ3) is 4.22. The number of hydrogen-bond acceptors (Lipinski definition) is 5. The maximum atomic E-state index is 15.7. The maximum Gasteiger partial charge on any atom is 0.338 e. The van der Waals surface area contributed by atoms with Crippen molar-refractivity contribution < 1.29 is 27.8 Å². The number of halogens is 3. The summed E-state index contributed by atoms with van der Waals surface area (Å²) in [5.74, 6) is -4.91. The van der Waals surface area contributed by atoms with Gasteiger partial charge in [-0.05, 0) is 47.4 Å². The Bertz CT molecular complexity index is 1470. The highest BCUT2D eigenvalue weighted by atomic mass is 19.2. The van der Waals surface area contributed by atoms with E-state index >= 15 is 13.2 Å². The van der Waals surface area contributed by atoms with Crippen LogP contribution >= 0.6 is 0 Å². The van der Waals surface area contributed by atoms with Gasteiger partial charge in [-0.15, -0.1) is 0 Å². The highest BCUT2D eigenvalue weighted by Gasteiger charge is 2.27. The minimum Gasteiger partial charge on any atom is -0.478 e. The van der Waals surface area contributed by atoms with Crippen molar-refractivity contribution >= 4 is 17.0 Å². The van der Waals surface area contributed by atoms with Crippen LogP contribution in [0, 0.1) is 24.4 Å². The zero-order chi connectivity index (χ0) is 25.6. The van der Waals surface area contributed by atoms with Crippen LogP contribution in [0.5, 0.6) is 0 Å². The van der Waals surface area contributed by atoms with E-state index in [4.69, 9.17) is 4.74 Å². The predicted molar refractivity (Wildman–Crippen MR) is 127 cm³/mol. The number of carboxylic acids is 1. The van der Waals surface area contributed by atoms with Gasteiger partial charge in [0.25, 0.3) is 0 Å². The van der Waals surface area contributed by atoms with Gasteiger partial charge in [0, 0.05) is 32.2 Å². The van der Waals surface area contributed by atoms with Crippen molar-refractivity contribution in [1.29, 1.82) is 0 Å². The van der Waals surface area contributed by atoms with Crippen LogP contribution in [0.15, 0.2) is 36.4 Å². The highest BCUT2D eigenvalue weighted by Crippen LogP contribution is 2.39. The fourth-order valence-electron chi connectivity index (χ4n) is 4.65. The van der Waals surface area contributed by atoms with Gasteiger partial charge in [0.05, 0.1) is 24.3 Å². The number of fused-ring (bicyclic) bond motifs is 1. The molecule has 10 heteroatoms. The third-order valence-corrected chi connectivity index (χ3v) is 6.39. The number of hydrogen-bond donors (Lipinski definition) is 1. The van der Waals surface area contributed by atoms with E-state index in [1.165, 1.54) is 20.0 Å². The van der Waals surface area contributed by atoms with Gasteiger partial charge in [-0.3, -0.25) is 4.90 Å². The van der Waals surface area contributed by atoms with E-state index in [2.05, 4.69) is 15.1 Å². The molecule has 0 unspecified atom stereocenters. The number of morpholine rings is 1. The maximum absolute atomic E-state index is 15.7. The zero-order valence-corrected chi connectivity index (χ0v) is 19.7. The van der Waals surface area contributed by atoms with Gasteiger partial charge in [0.15, 0.2) is 11.6 Å². The molecule has 1 aliphatic rings. The first-order valence-electron chi connectivity index (χ1n) is 11.4. The average Bonchev–Trinajstić information content (AvgIpc) is 3.23. The minimum atomic E-state index is -1.40. The summed E-state index contributed by atoms with van der Waals surface area (Å²) in [6.07, 6.45) is 0. The lowest BCUT2D eigenvalue weighted by Gasteiger charge is -2.26. The van der Waals surface area contributed by atoms with E-state index in [1.54, 1.807) is 18.2 Å². The van der Waals surface area contributed by atoms with Crippen molar-refractivity contribution in [3.8, 4) is 22.3 Å². The summed E-state index contributed by atoms with van der Waals surface area (Å²) in [5.41, 5.74) is 0.128. The topological polar surface area (TPSA) is 80.5 Å². The Morgan fingerprint density at radius 2 is 1.72 bits per heavy atom. The molecule has 0 aliphatic carbocycles. The molecule has 186 valence electrons. The first-order chi connectivity index (χ1) is 17.2. The van der Waals surface area contributed by atoms with Crippen molar-refractivity contribution in [2.75, 3.05) is 26.3 Å². The normalized spacial score (nSPS) is 14.5. The highest BCUT2D eigenvalue weighted by molar-refractivity contribution is 6.03. The number of rotatable bonds is 5. The summed E-state index contributed by atoms with van der Waals surface area (Å²) in [6.45, 7) is 4.79. The molecule has 7 nitrogen and oxygen atoms in total. The summed E-state index contributed by atoms with van der Waals surface area (Å²) < 4.78 is 52.0. The Morgan fingerprint density at radius 1 is 1.00 bits per heavy atom. The molecule has 3 aromatic carbocycles. The van der Waals surface area contributed by atoms with E-state index in [0.29, 0.717) is 25.3 Å². The molecule has 1 saturated heterocycles. The summed E-state index contributed by atoms with van der Waals surface area (Å²) >= 11 is 0. The van der Waals surface area contributed by atoms with Crippen molar-refractivity contribution in [3.63, 3.8) is 0 Å². The predicted octanol–water partition coefficient (Wildman–Crippen LogP) is 4.56. The number of aromatic nitrogens is 3. The van der Waals surface area contributed by atoms with Gasteiger partial charge < -0.3 is 9.84 Å². The van der Waals surface area contributed by atoms with Crippen LogP contribution in [0.2, 0.25) is 0 Å². The Hall–Kier alpha value is -3.76. The van der Waals surface area contributed by atoms with Crippen LogP contribution in [0.1, 0.15) is 21.5 Å². The fraction of sp³-hybridized carbons (Fsp3) is 0.269. The van der Waals surface area contributed by atoms with E-state index in [1.807, 2.05) is 6.07 Å². The quantitative estimate of drug-likeness (QED) is 0.408. The van der Waals surface area contributed by atoms with Crippen LogP contribution in [0.3, 0.4) is 0 Å². The van der Waals surface area contributed by atoms with Gasteiger partial charge in [0.2, 0.25) is 0 Å². The molecule has 1 N–H and O–H groups in total. The number of benzene rings is 3. The van der Waals surface area contributed by atoms with Crippen LogP contribution in [0.25, 0.3) is 33.3 Å². The molecule has 0 saturated carbocycles. The smallest absolute Gasteiger partial charge is 0.338 e. The molecule has 0 spiro atoms. The van der Waals surface area contributed by atoms with Gasteiger partial charge >= 0.3 is 5.97 Å². The van der Waals surface area contributed by atoms with Crippen molar-refractivity contribution in [2.45, 2.75) is 13.5 Å². The third-order valence-electron chi connectivity index (χ3n) is 6.39. The van der Waals surface area contributed by atoms with Gasteiger partial charge in [0.1, 0.15) is 16.9 Å².